The van der Waals surface area contributed by atoms with Gasteiger partial charge < -0.3 is 20.5 Å². The van der Waals surface area contributed by atoms with E-state index in [4.69, 9.17) is 0 Å². The topological polar surface area (TPSA) is 105 Å². The second-order valence-corrected chi connectivity index (χ2v) is 5.69. The van der Waals surface area contributed by atoms with Gasteiger partial charge in [-0.2, -0.15) is 0 Å². The Morgan fingerprint density at radius 2 is 1.86 bits per heavy atom. The summed E-state index contributed by atoms with van der Waals surface area (Å²) in [6, 6.07) is -1.49. The van der Waals surface area contributed by atoms with E-state index in [0.29, 0.717) is 19.3 Å². The number of urea groups is 1. The predicted octanol–water partition coefficient (Wildman–Crippen LogP) is 1.52. The van der Waals surface area contributed by atoms with E-state index in [1.165, 1.54) is 14.0 Å². The van der Waals surface area contributed by atoms with Gasteiger partial charge in [-0.15, -0.1) is 0 Å². The molecule has 0 saturated heterocycles. The van der Waals surface area contributed by atoms with E-state index in [-0.39, 0.29) is 5.92 Å². The number of hydrogen-bond donors (Lipinski definition) is 3. The van der Waals surface area contributed by atoms with Gasteiger partial charge in [0.25, 0.3) is 0 Å². The molecule has 0 fully saturated rings. The first-order chi connectivity index (χ1) is 9.66. The fourth-order valence-electron chi connectivity index (χ4n) is 2.00. The lowest BCUT2D eigenvalue weighted by Gasteiger charge is -2.27. The molecule has 0 spiro atoms. The fraction of sp³-hybridized carbons (Fsp3) is 0.786. The van der Waals surface area contributed by atoms with Crippen molar-refractivity contribution in [3.8, 4) is 0 Å². The molecule has 0 radical (unpaired) electrons. The van der Waals surface area contributed by atoms with Gasteiger partial charge in [0, 0.05) is 0 Å². The van der Waals surface area contributed by atoms with Crippen LogP contribution in [0.1, 0.15) is 47.0 Å². The number of amides is 2. The first-order valence-corrected chi connectivity index (χ1v) is 7.06. The Balaban J connectivity index is 4.82. The number of carbonyl (C=O) groups is 3. The number of ether oxygens (including phenoxy) is 1. The molecule has 2 unspecified atom stereocenters. The molecule has 0 aromatic carbocycles. The molecule has 122 valence electrons. The summed E-state index contributed by atoms with van der Waals surface area (Å²) in [5, 5.41) is 14.1. The van der Waals surface area contributed by atoms with Crippen LogP contribution in [0.4, 0.5) is 4.79 Å². The first-order valence-electron chi connectivity index (χ1n) is 7.06. The molecular formula is C14H26N2O5. The maximum atomic E-state index is 12.0. The van der Waals surface area contributed by atoms with Crippen LogP contribution in [0.25, 0.3) is 0 Å². The molecule has 0 saturated carbocycles. The highest BCUT2D eigenvalue weighted by Crippen LogP contribution is 2.13. The monoisotopic (exact) mass is 302 g/mol. The van der Waals surface area contributed by atoms with Gasteiger partial charge >= 0.3 is 18.0 Å². The fourth-order valence-corrected chi connectivity index (χ4v) is 2.00. The van der Waals surface area contributed by atoms with Crippen molar-refractivity contribution in [2.45, 2.75) is 58.5 Å². The smallest absolute Gasteiger partial charge is 0.329 e. The van der Waals surface area contributed by atoms with Crippen molar-refractivity contribution in [2.24, 2.45) is 5.92 Å². The third-order valence-corrected chi connectivity index (χ3v) is 3.11. The normalized spacial score (nSPS) is 15.0. The number of carboxylic acids is 1. The molecule has 3 N–H and O–H groups in total. The van der Waals surface area contributed by atoms with Gasteiger partial charge in [-0.3, -0.25) is 0 Å². The maximum Gasteiger partial charge on any atom is 0.329 e. The van der Waals surface area contributed by atoms with Gasteiger partial charge in [-0.1, -0.05) is 27.2 Å². The van der Waals surface area contributed by atoms with E-state index in [0.717, 1.165) is 0 Å². The van der Waals surface area contributed by atoms with Crippen LogP contribution in [0, 0.1) is 5.92 Å². The highest BCUT2D eigenvalue weighted by molar-refractivity contribution is 5.88. The van der Waals surface area contributed by atoms with Gasteiger partial charge in [0.15, 0.2) is 0 Å². The highest BCUT2D eigenvalue weighted by atomic mass is 16.5. The van der Waals surface area contributed by atoms with E-state index in [1.807, 2.05) is 20.8 Å². The number of methoxy groups -OCH3 is 1. The summed E-state index contributed by atoms with van der Waals surface area (Å²) in [5.41, 5.74) is -1.36. The first kappa shape index (κ1) is 19.2. The third-order valence-electron chi connectivity index (χ3n) is 3.11. The Labute approximate surface area is 125 Å². The van der Waals surface area contributed by atoms with E-state index in [1.54, 1.807) is 0 Å². The van der Waals surface area contributed by atoms with Crippen molar-refractivity contribution in [1.82, 2.24) is 10.6 Å². The molecular weight excluding hydrogens is 276 g/mol. The van der Waals surface area contributed by atoms with Crippen LogP contribution in [0.5, 0.6) is 0 Å². The van der Waals surface area contributed by atoms with E-state index in [2.05, 4.69) is 15.4 Å². The Hall–Kier alpha value is -1.79. The van der Waals surface area contributed by atoms with Crippen LogP contribution >= 0.6 is 0 Å². The number of carboxylic acid groups (broad SMARTS) is 1. The van der Waals surface area contributed by atoms with Crippen molar-refractivity contribution < 1.29 is 24.2 Å². The molecule has 0 aliphatic rings. The summed E-state index contributed by atoms with van der Waals surface area (Å²) in [6.45, 7) is 7.09. The summed E-state index contributed by atoms with van der Waals surface area (Å²) in [5.74, 6) is -1.49. The molecule has 21 heavy (non-hydrogen) atoms. The SMILES string of the molecule is CCCC(C)(NC(=O)NC(CC(C)C)C(=O)OC)C(=O)O. The summed E-state index contributed by atoms with van der Waals surface area (Å²) in [7, 11) is 1.24. The molecule has 0 aliphatic carbocycles. The Bertz CT molecular complexity index is 384. The number of carbonyl (C=O) groups excluding carboxylic acids is 2. The number of esters is 1. The van der Waals surface area contributed by atoms with E-state index in [9.17, 15) is 19.5 Å². The van der Waals surface area contributed by atoms with Gasteiger partial charge in [-0.05, 0) is 25.7 Å². The summed E-state index contributed by atoms with van der Waals surface area (Å²) in [6.07, 6.45) is 1.32. The average Bonchev–Trinajstić information content (AvgIpc) is 2.36. The number of aliphatic carboxylic acids is 1. The van der Waals surface area contributed by atoms with Crippen molar-refractivity contribution >= 4 is 18.0 Å². The molecule has 0 aromatic heterocycles. The van der Waals surface area contributed by atoms with Crippen LogP contribution in [0.15, 0.2) is 0 Å². The maximum absolute atomic E-state index is 12.0. The number of nitrogens with one attached hydrogen (secondary N) is 2. The largest absolute Gasteiger partial charge is 0.480 e. The van der Waals surface area contributed by atoms with Gasteiger partial charge in [0.1, 0.15) is 11.6 Å². The predicted molar refractivity (Wildman–Crippen MR) is 77.9 cm³/mol. The zero-order valence-corrected chi connectivity index (χ0v) is 13.4. The number of rotatable bonds is 8. The minimum absolute atomic E-state index is 0.177. The zero-order valence-electron chi connectivity index (χ0n) is 13.4. The van der Waals surface area contributed by atoms with Crippen LogP contribution < -0.4 is 10.6 Å². The molecule has 0 heterocycles. The molecule has 0 bridgehead atoms. The van der Waals surface area contributed by atoms with Crippen molar-refractivity contribution in [1.29, 1.82) is 0 Å². The minimum atomic E-state index is -1.36. The second kappa shape index (κ2) is 8.49. The van der Waals surface area contributed by atoms with Crippen LogP contribution in [0.2, 0.25) is 0 Å². The lowest BCUT2D eigenvalue weighted by atomic mass is 9.96. The second-order valence-electron chi connectivity index (χ2n) is 5.69. The molecule has 2 amide bonds. The lowest BCUT2D eigenvalue weighted by molar-refractivity contribution is -0.144. The van der Waals surface area contributed by atoms with Gasteiger partial charge in [-0.25, -0.2) is 14.4 Å². The molecule has 0 aromatic rings. The summed E-state index contributed by atoms with van der Waals surface area (Å²) < 4.78 is 4.64. The Morgan fingerprint density at radius 1 is 1.29 bits per heavy atom. The van der Waals surface area contributed by atoms with Gasteiger partial charge in [0.2, 0.25) is 0 Å². The standard InChI is InChI=1S/C14H26N2O5/c1-6-7-14(4,12(18)19)16-13(20)15-10(8-9(2)3)11(17)21-5/h9-10H,6-8H2,1-5H3,(H,18,19)(H2,15,16,20). The lowest BCUT2D eigenvalue weighted by Crippen LogP contribution is -2.57. The minimum Gasteiger partial charge on any atom is -0.480 e. The summed E-state index contributed by atoms with van der Waals surface area (Å²) >= 11 is 0. The highest BCUT2D eigenvalue weighted by Gasteiger charge is 2.35. The molecule has 2 atom stereocenters. The Kier molecular flexibility index (Phi) is 7.76. The quantitative estimate of drug-likeness (QED) is 0.590. The number of hydrogen-bond acceptors (Lipinski definition) is 4. The Morgan fingerprint density at radius 3 is 2.24 bits per heavy atom. The van der Waals surface area contributed by atoms with E-state index >= 15 is 0 Å². The molecule has 7 heteroatoms. The van der Waals surface area contributed by atoms with Crippen LogP contribution in [-0.4, -0.2) is 41.8 Å². The molecule has 0 rings (SSSR count). The average molecular weight is 302 g/mol. The van der Waals surface area contributed by atoms with E-state index < -0.39 is 29.6 Å². The van der Waals surface area contributed by atoms with Crippen molar-refractivity contribution in [2.75, 3.05) is 7.11 Å². The third kappa shape index (κ3) is 6.46. The van der Waals surface area contributed by atoms with Crippen LogP contribution in [-0.2, 0) is 14.3 Å². The zero-order chi connectivity index (χ0) is 16.6. The summed E-state index contributed by atoms with van der Waals surface area (Å²) in [4.78, 5) is 34.9. The molecule has 0 aliphatic heterocycles. The van der Waals surface area contributed by atoms with Crippen LogP contribution in [0.3, 0.4) is 0 Å². The molecule has 7 nitrogen and oxygen atoms in total. The van der Waals surface area contributed by atoms with Crippen molar-refractivity contribution in [3.05, 3.63) is 0 Å². The van der Waals surface area contributed by atoms with Crippen molar-refractivity contribution in [3.63, 3.8) is 0 Å². The van der Waals surface area contributed by atoms with Gasteiger partial charge in [0.05, 0.1) is 7.11 Å².